The summed E-state index contributed by atoms with van der Waals surface area (Å²) in [5, 5.41) is 24.9. The number of carbonyl (C=O) groups is 2. The highest BCUT2D eigenvalue weighted by Gasteiger charge is 2.53. The summed E-state index contributed by atoms with van der Waals surface area (Å²) in [6.07, 6.45) is 3.09. The topological polar surface area (TPSA) is 103 Å². The molecular weight excluding hydrogens is 476 g/mol. The van der Waals surface area contributed by atoms with E-state index in [0.717, 1.165) is 35.5 Å². The number of Topliss-reactive ketones (excluding diaryl/α,β-unsaturated/α-hetero) is 1. The first-order chi connectivity index (χ1) is 16.7. The highest BCUT2D eigenvalue weighted by Crippen LogP contribution is 2.45. The van der Waals surface area contributed by atoms with Crippen LogP contribution in [0, 0.1) is 24.2 Å². The largest absolute Gasteiger partial charge is 0.392 e. The number of fused-ring (bicyclic) bond motifs is 1. The fraction of sp³-hybridized carbons (Fsp3) is 0.750. The smallest absolute Gasteiger partial charge is 0.225 e. The molecule has 2 saturated heterocycles. The van der Waals surface area contributed by atoms with Crippen LogP contribution in [-0.4, -0.2) is 68.8 Å². The van der Waals surface area contributed by atoms with Crippen molar-refractivity contribution >= 4 is 29.1 Å². The number of aliphatic hydroxyl groups excluding tert-OH is 2. The van der Waals surface area contributed by atoms with E-state index in [1.807, 2.05) is 32.2 Å². The third-order valence-electron chi connectivity index (χ3n) is 8.55. The van der Waals surface area contributed by atoms with Crippen LogP contribution in [0.15, 0.2) is 11.0 Å². The van der Waals surface area contributed by atoms with E-state index in [2.05, 4.69) is 11.9 Å². The Labute approximate surface area is 219 Å². The second-order valence-corrected chi connectivity index (χ2v) is 12.9. The average molecular weight is 521 g/mol. The third kappa shape index (κ3) is 6.26. The molecule has 0 aromatic carbocycles. The van der Waals surface area contributed by atoms with Crippen molar-refractivity contribution in [3.05, 3.63) is 21.7 Å². The number of thiazole rings is 1. The minimum Gasteiger partial charge on any atom is -0.392 e. The number of likely N-dealkylation sites (N-methyl/N-ethyl adjacent to an activating group) is 1. The van der Waals surface area contributed by atoms with E-state index in [-0.39, 0.29) is 41.8 Å². The van der Waals surface area contributed by atoms with Crippen LogP contribution in [0.25, 0.3) is 6.08 Å². The molecule has 7 nitrogen and oxygen atoms in total. The van der Waals surface area contributed by atoms with Gasteiger partial charge in [-0.05, 0) is 51.2 Å². The quantitative estimate of drug-likeness (QED) is 0.561. The van der Waals surface area contributed by atoms with E-state index in [1.54, 1.807) is 44.1 Å². The number of rotatable bonds is 2. The molecule has 2 aliphatic rings. The van der Waals surface area contributed by atoms with Crippen molar-refractivity contribution in [2.75, 3.05) is 7.05 Å². The van der Waals surface area contributed by atoms with Crippen molar-refractivity contribution in [2.45, 2.75) is 111 Å². The zero-order chi connectivity index (χ0) is 27.0. The molecule has 0 radical (unpaired) electrons. The van der Waals surface area contributed by atoms with Gasteiger partial charge < -0.3 is 19.8 Å². The van der Waals surface area contributed by atoms with Gasteiger partial charge in [-0.15, -0.1) is 11.3 Å². The van der Waals surface area contributed by atoms with Crippen molar-refractivity contribution in [2.24, 2.45) is 17.3 Å². The Balaban J connectivity index is 1.91. The lowest BCUT2D eigenvalue weighted by Crippen LogP contribution is -2.47. The molecule has 0 spiro atoms. The minimum absolute atomic E-state index is 0.0215. The fourth-order valence-electron chi connectivity index (χ4n) is 5.52. The summed E-state index contributed by atoms with van der Waals surface area (Å²) in [4.78, 5) is 33.0. The van der Waals surface area contributed by atoms with Crippen LogP contribution in [0.4, 0.5) is 0 Å². The second-order valence-electron chi connectivity index (χ2n) is 11.8. The molecule has 0 aliphatic carbocycles. The molecule has 7 atom stereocenters. The van der Waals surface area contributed by atoms with Crippen LogP contribution in [0.5, 0.6) is 0 Å². The van der Waals surface area contributed by atoms with E-state index >= 15 is 0 Å². The van der Waals surface area contributed by atoms with Crippen molar-refractivity contribution in [3.8, 4) is 0 Å². The van der Waals surface area contributed by atoms with Crippen LogP contribution < -0.4 is 0 Å². The molecule has 0 bridgehead atoms. The number of epoxide rings is 1. The van der Waals surface area contributed by atoms with Crippen molar-refractivity contribution in [1.82, 2.24) is 9.88 Å². The van der Waals surface area contributed by atoms with Gasteiger partial charge in [0, 0.05) is 24.8 Å². The van der Waals surface area contributed by atoms with Gasteiger partial charge in [-0.2, -0.15) is 0 Å². The highest BCUT2D eigenvalue weighted by molar-refractivity contribution is 7.09. The molecule has 3 heterocycles. The van der Waals surface area contributed by atoms with Crippen molar-refractivity contribution < 1.29 is 24.5 Å². The normalized spacial score (nSPS) is 37.1. The van der Waals surface area contributed by atoms with Crippen LogP contribution in [0.2, 0.25) is 0 Å². The highest BCUT2D eigenvalue weighted by atomic mass is 32.1. The Morgan fingerprint density at radius 1 is 1.25 bits per heavy atom. The van der Waals surface area contributed by atoms with Gasteiger partial charge in [0.2, 0.25) is 5.91 Å². The monoisotopic (exact) mass is 520 g/mol. The SMILES string of the molecule is C/C(=C\c1csc(C)n1)[C@@H]1C[C@@H]2O[C@]2(C)CCC[C@H](C)[C@H](O)[C@@H](C)C(=O)C(C)(C)[C@@H](O)CC(=O)N1C. The molecule has 1 amide bonds. The predicted octanol–water partition coefficient (Wildman–Crippen LogP) is 4.39. The molecule has 8 heteroatoms. The number of ether oxygens (including phenoxy) is 1. The van der Waals surface area contributed by atoms with Gasteiger partial charge in [0.1, 0.15) is 5.78 Å². The maximum absolute atomic E-state index is 13.4. The van der Waals surface area contributed by atoms with E-state index in [0.29, 0.717) is 6.42 Å². The summed E-state index contributed by atoms with van der Waals surface area (Å²) in [5.41, 5.74) is 0.454. The third-order valence-corrected chi connectivity index (χ3v) is 9.34. The summed E-state index contributed by atoms with van der Waals surface area (Å²) in [6.45, 7) is 13.1. The number of aryl methyl sites for hydroxylation is 1. The molecule has 2 fully saturated rings. The van der Waals surface area contributed by atoms with Crippen LogP contribution in [-0.2, 0) is 14.3 Å². The standard InChI is InChI=1S/C28H44N2O5S/c1-16-10-9-11-28(7)23(35-28)13-21(17(2)12-20-15-36-19(4)29-20)30(8)24(32)14-22(31)27(5,6)26(34)18(3)25(16)33/h12,15-16,18,21-23,25,31,33H,9-11,13-14H2,1-8H3/b17-12+/t16-,18+,21-,22-,23-,25-,28+/m0/s1. The predicted molar refractivity (Wildman–Crippen MR) is 143 cm³/mol. The van der Waals surface area contributed by atoms with Crippen molar-refractivity contribution in [3.63, 3.8) is 0 Å². The molecule has 36 heavy (non-hydrogen) atoms. The zero-order valence-corrected chi connectivity index (χ0v) is 23.9. The van der Waals surface area contributed by atoms with E-state index in [1.165, 1.54) is 0 Å². The number of amides is 1. The van der Waals surface area contributed by atoms with Gasteiger partial charge >= 0.3 is 0 Å². The Bertz CT molecular complexity index is 988. The summed E-state index contributed by atoms with van der Waals surface area (Å²) in [6, 6.07) is -0.218. The van der Waals surface area contributed by atoms with Gasteiger partial charge in [0.05, 0.1) is 52.5 Å². The number of ketones is 1. The van der Waals surface area contributed by atoms with E-state index in [9.17, 15) is 19.8 Å². The summed E-state index contributed by atoms with van der Waals surface area (Å²) < 4.78 is 6.16. The van der Waals surface area contributed by atoms with Gasteiger partial charge in [-0.3, -0.25) is 9.59 Å². The Morgan fingerprint density at radius 2 is 1.92 bits per heavy atom. The van der Waals surface area contributed by atoms with Gasteiger partial charge in [0.15, 0.2) is 0 Å². The first kappa shape index (κ1) is 29.0. The Hall–Kier alpha value is -1.61. The Morgan fingerprint density at radius 3 is 2.53 bits per heavy atom. The van der Waals surface area contributed by atoms with Gasteiger partial charge in [-0.25, -0.2) is 4.98 Å². The first-order valence-corrected chi connectivity index (χ1v) is 14.0. The van der Waals surface area contributed by atoms with E-state index < -0.39 is 23.5 Å². The molecule has 202 valence electrons. The molecule has 2 aliphatic heterocycles. The second kappa shape index (κ2) is 11.0. The summed E-state index contributed by atoms with van der Waals surface area (Å²) >= 11 is 1.59. The molecule has 3 rings (SSSR count). The zero-order valence-electron chi connectivity index (χ0n) is 23.1. The maximum Gasteiger partial charge on any atom is 0.225 e. The molecule has 2 N–H and O–H groups in total. The number of hydrogen-bond donors (Lipinski definition) is 2. The fourth-order valence-corrected chi connectivity index (χ4v) is 6.09. The first-order valence-electron chi connectivity index (χ1n) is 13.1. The maximum atomic E-state index is 13.4. The number of nitrogens with zero attached hydrogens (tertiary/aromatic N) is 2. The molecule has 0 unspecified atom stereocenters. The summed E-state index contributed by atoms with van der Waals surface area (Å²) in [7, 11) is 1.76. The lowest BCUT2D eigenvalue weighted by molar-refractivity contribution is -0.145. The lowest BCUT2D eigenvalue weighted by Gasteiger charge is -2.36. The van der Waals surface area contributed by atoms with Crippen molar-refractivity contribution in [1.29, 1.82) is 0 Å². The number of carbonyl (C=O) groups excluding carboxylic acids is 2. The Kier molecular flexibility index (Phi) is 8.86. The van der Waals surface area contributed by atoms with Gasteiger partial charge in [-0.1, -0.05) is 34.1 Å². The lowest BCUT2D eigenvalue weighted by atomic mass is 9.72. The number of hydrogen-bond acceptors (Lipinski definition) is 7. The number of aromatic nitrogens is 1. The molecule has 1 aromatic rings. The molecule has 0 saturated carbocycles. The van der Waals surface area contributed by atoms with E-state index in [4.69, 9.17) is 4.74 Å². The van der Waals surface area contributed by atoms with Gasteiger partial charge in [0.25, 0.3) is 0 Å². The molecule has 1 aromatic heterocycles. The van der Waals surface area contributed by atoms with Crippen LogP contribution in [0.1, 0.15) is 84.3 Å². The summed E-state index contributed by atoms with van der Waals surface area (Å²) in [5.74, 6) is -1.14. The number of aliphatic hydroxyl groups is 2. The molecular formula is C28H44N2O5S. The average Bonchev–Trinajstić information content (AvgIpc) is 3.27. The van der Waals surface area contributed by atoms with Crippen LogP contribution in [0.3, 0.4) is 0 Å². The van der Waals surface area contributed by atoms with Crippen LogP contribution >= 0.6 is 11.3 Å². The minimum atomic E-state index is -1.16.